The highest BCUT2D eigenvalue weighted by Crippen LogP contribution is 2.25. The van der Waals surface area contributed by atoms with Crippen LogP contribution in [-0.4, -0.2) is 21.5 Å². The van der Waals surface area contributed by atoms with Gasteiger partial charge in [0.05, 0.1) is 11.7 Å². The first kappa shape index (κ1) is 12.9. The lowest BCUT2D eigenvalue weighted by molar-refractivity contribution is 0.432. The van der Waals surface area contributed by atoms with Gasteiger partial charge < -0.3 is 9.73 Å². The molecule has 0 aliphatic rings. The van der Waals surface area contributed by atoms with E-state index in [1.54, 1.807) is 4.68 Å². The fourth-order valence-corrected chi connectivity index (χ4v) is 2.39. The molecular formula is C15H18N4O. The minimum absolute atomic E-state index is 0.115. The summed E-state index contributed by atoms with van der Waals surface area (Å²) in [5.41, 5.74) is 1.88. The number of fused-ring (bicyclic) bond motifs is 1. The number of nitrogens with zero attached hydrogens (tertiary/aromatic N) is 3. The van der Waals surface area contributed by atoms with E-state index >= 15 is 0 Å². The second-order valence-electron chi connectivity index (χ2n) is 4.88. The molecule has 3 aromatic rings. The SMILES string of the molecule is CCNC(Cc1cn(C)nn1)c1cc2ccccc2o1. The normalized spacial score (nSPS) is 12.9. The van der Waals surface area contributed by atoms with Crippen LogP contribution in [0.4, 0.5) is 0 Å². The lowest BCUT2D eigenvalue weighted by atomic mass is 10.1. The first-order chi connectivity index (χ1) is 9.76. The molecule has 1 N–H and O–H groups in total. The van der Waals surface area contributed by atoms with Gasteiger partial charge in [0.2, 0.25) is 0 Å². The lowest BCUT2D eigenvalue weighted by Gasteiger charge is -2.13. The molecule has 5 heteroatoms. The van der Waals surface area contributed by atoms with E-state index in [1.165, 1.54) is 0 Å². The van der Waals surface area contributed by atoms with Gasteiger partial charge in [-0.05, 0) is 18.7 Å². The summed E-state index contributed by atoms with van der Waals surface area (Å²) < 4.78 is 7.66. The average molecular weight is 270 g/mol. The summed E-state index contributed by atoms with van der Waals surface area (Å²) in [5, 5.41) is 12.7. The van der Waals surface area contributed by atoms with Gasteiger partial charge in [-0.3, -0.25) is 4.68 Å². The second kappa shape index (κ2) is 5.46. The van der Waals surface area contributed by atoms with E-state index in [-0.39, 0.29) is 6.04 Å². The Kier molecular flexibility index (Phi) is 3.52. The Hall–Kier alpha value is -2.14. The van der Waals surface area contributed by atoms with Crippen molar-refractivity contribution in [1.29, 1.82) is 0 Å². The second-order valence-corrected chi connectivity index (χ2v) is 4.88. The Morgan fingerprint density at radius 3 is 2.90 bits per heavy atom. The zero-order valence-corrected chi connectivity index (χ0v) is 11.7. The van der Waals surface area contributed by atoms with Gasteiger partial charge in [-0.1, -0.05) is 30.3 Å². The van der Waals surface area contributed by atoms with Crippen molar-refractivity contribution < 1.29 is 4.42 Å². The highest BCUT2D eigenvalue weighted by Gasteiger charge is 2.17. The molecule has 0 spiro atoms. The molecule has 0 amide bonds. The van der Waals surface area contributed by atoms with Gasteiger partial charge in [0.15, 0.2) is 0 Å². The molecule has 5 nitrogen and oxygen atoms in total. The molecule has 104 valence electrons. The number of para-hydroxylation sites is 1. The van der Waals surface area contributed by atoms with Crippen LogP contribution in [0.25, 0.3) is 11.0 Å². The van der Waals surface area contributed by atoms with Crippen LogP contribution in [0.15, 0.2) is 40.9 Å². The summed E-state index contributed by atoms with van der Waals surface area (Å²) in [7, 11) is 1.87. The van der Waals surface area contributed by atoms with E-state index in [0.29, 0.717) is 0 Å². The van der Waals surface area contributed by atoms with E-state index in [2.05, 4.69) is 34.7 Å². The van der Waals surface area contributed by atoms with E-state index in [4.69, 9.17) is 4.42 Å². The summed E-state index contributed by atoms with van der Waals surface area (Å²) in [5.74, 6) is 0.943. The molecule has 2 aromatic heterocycles. The quantitative estimate of drug-likeness (QED) is 0.773. The highest BCUT2D eigenvalue weighted by molar-refractivity contribution is 5.77. The van der Waals surface area contributed by atoms with Crippen LogP contribution in [-0.2, 0) is 13.5 Å². The van der Waals surface area contributed by atoms with Crippen molar-refractivity contribution >= 4 is 11.0 Å². The van der Waals surface area contributed by atoms with Gasteiger partial charge in [0.25, 0.3) is 0 Å². The van der Waals surface area contributed by atoms with Gasteiger partial charge in [-0.25, -0.2) is 0 Å². The van der Waals surface area contributed by atoms with Crippen molar-refractivity contribution in [3.63, 3.8) is 0 Å². The van der Waals surface area contributed by atoms with Crippen LogP contribution < -0.4 is 5.32 Å². The Morgan fingerprint density at radius 2 is 2.20 bits per heavy atom. The molecule has 0 fully saturated rings. The van der Waals surface area contributed by atoms with Crippen molar-refractivity contribution in [2.24, 2.45) is 7.05 Å². The van der Waals surface area contributed by atoms with E-state index in [9.17, 15) is 0 Å². The van der Waals surface area contributed by atoms with Crippen LogP contribution in [0.5, 0.6) is 0 Å². The molecule has 0 radical (unpaired) electrons. The molecule has 1 unspecified atom stereocenters. The summed E-state index contributed by atoms with van der Waals surface area (Å²) in [6.07, 6.45) is 2.70. The van der Waals surface area contributed by atoms with Crippen LogP contribution in [0.3, 0.4) is 0 Å². The zero-order valence-electron chi connectivity index (χ0n) is 11.7. The van der Waals surface area contributed by atoms with Gasteiger partial charge in [0, 0.05) is 25.1 Å². The molecular weight excluding hydrogens is 252 g/mol. The number of hydrogen-bond acceptors (Lipinski definition) is 4. The first-order valence-electron chi connectivity index (χ1n) is 6.83. The molecule has 0 saturated carbocycles. The van der Waals surface area contributed by atoms with Crippen molar-refractivity contribution in [3.05, 3.63) is 48.0 Å². The van der Waals surface area contributed by atoms with Crippen LogP contribution in [0, 0.1) is 0 Å². The number of hydrogen-bond donors (Lipinski definition) is 1. The third kappa shape index (κ3) is 2.58. The fraction of sp³-hybridized carbons (Fsp3) is 0.333. The maximum atomic E-state index is 5.94. The van der Waals surface area contributed by atoms with Gasteiger partial charge in [-0.15, -0.1) is 5.10 Å². The summed E-state index contributed by atoms with van der Waals surface area (Å²) >= 11 is 0. The maximum absolute atomic E-state index is 5.94. The largest absolute Gasteiger partial charge is 0.459 e. The van der Waals surface area contributed by atoms with E-state index < -0.39 is 0 Å². The smallest absolute Gasteiger partial charge is 0.134 e. The Labute approximate surface area is 117 Å². The van der Waals surface area contributed by atoms with Crippen molar-refractivity contribution in [3.8, 4) is 0 Å². The topological polar surface area (TPSA) is 55.9 Å². The predicted octanol–water partition coefficient (Wildman–Crippen LogP) is 2.45. The zero-order chi connectivity index (χ0) is 13.9. The number of benzene rings is 1. The summed E-state index contributed by atoms with van der Waals surface area (Å²) in [4.78, 5) is 0. The number of nitrogens with one attached hydrogen (secondary N) is 1. The van der Waals surface area contributed by atoms with Gasteiger partial charge in [-0.2, -0.15) is 0 Å². The molecule has 2 heterocycles. The minimum atomic E-state index is 0.115. The number of furan rings is 1. The van der Waals surface area contributed by atoms with Crippen LogP contribution >= 0.6 is 0 Å². The molecule has 1 atom stereocenters. The van der Waals surface area contributed by atoms with Crippen molar-refractivity contribution in [2.45, 2.75) is 19.4 Å². The molecule has 1 aromatic carbocycles. The molecule has 0 bridgehead atoms. The van der Waals surface area contributed by atoms with Crippen molar-refractivity contribution in [2.75, 3.05) is 6.54 Å². The van der Waals surface area contributed by atoms with Crippen molar-refractivity contribution in [1.82, 2.24) is 20.3 Å². The third-order valence-electron chi connectivity index (χ3n) is 3.30. The third-order valence-corrected chi connectivity index (χ3v) is 3.30. The first-order valence-corrected chi connectivity index (χ1v) is 6.83. The number of rotatable bonds is 5. The molecule has 3 rings (SSSR count). The Bertz CT molecular complexity index is 668. The number of likely N-dealkylation sites (N-methyl/N-ethyl adjacent to an activating group) is 1. The van der Waals surface area contributed by atoms with E-state index in [0.717, 1.165) is 35.4 Å². The predicted molar refractivity (Wildman–Crippen MR) is 77.3 cm³/mol. The standard InChI is InChI=1S/C15H18N4O/c1-3-16-13(9-12-10-19(2)18-17-12)15-8-11-6-4-5-7-14(11)20-15/h4-8,10,13,16H,3,9H2,1-2H3. The van der Waals surface area contributed by atoms with Crippen LogP contribution in [0.2, 0.25) is 0 Å². The van der Waals surface area contributed by atoms with Gasteiger partial charge in [0.1, 0.15) is 11.3 Å². The number of aromatic nitrogens is 3. The summed E-state index contributed by atoms with van der Waals surface area (Å²) in [6.45, 7) is 2.97. The summed E-state index contributed by atoms with van der Waals surface area (Å²) in [6, 6.07) is 10.3. The monoisotopic (exact) mass is 270 g/mol. The average Bonchev–Trinajstić information content (AvgIpc) is 3.04. The molecule has 0 aliphatic carbocycles. The van der Waals surface area contributed by atoms with E-state index in [1.807, 2.05) is 31.4 Å². The minimum Gasteiger partial charge on any atom is -0.459 e. The fourth-order valence-electron chi connectivity index (χ4n) is 2.39. The maximum Gasteiger partial charge on any atom is 0.134 e. The van der Waals surface area contributed by atoms with Gasteiger partial charge >= 0.3 is 0 Å². The molecule has 20 heavy (non-hydrogen) atoms. The molecule has 0 aliphatic heterocycles. The van der Waals surface area contributed by atoms with Crippen LogP contribution in [0.1, 0.15) is 24.4 Å². The highest BCUT2D eigenvalue weighted by atomic mass is 16.3. The Balaban J connectivity index is 1.89. The molecule has 0 saturated heterocycles. The lowest BCUT2D eigenvalue weighted by Crippen LogP contribution is -2.22. The Morgan fingerprint density at radius 1 is 1.35 bits per heavy atom. The number of aryl methyl sites for hydroxylation is 1.